The highest BCUT2D eigenvalue weighted by Gasteiger charge is 2.10. The fraction of sp³-hybridized carbons (Fsp3) is 0.630. The number of hydrogen-bond donors (Lipinski definition) is 0. The Morgan fingerprint density at radius 1 is 0.765 bits per heavy atom. The first kappa shape index (κ1) is 27.7. The van der Waals surface area contributed by atoms with E-state index >= 15 is 0 Å². The summed E-state index contributed by atoms with van der Waals surface area (Å²) in [4.78, 5) is 34.1. The number of rotatable bonds is 21. The summed E-state index contributed by atoms with van der Waals surface area (Å²) >= 11 is 0. The second-order valence-electron chi connectivity index (χ2n) is 9.15. The van der Waals surface area contributed by atoms with Crippen LogP contribution in [0.1, 0.15) is 83.5 Å². The summed E-state index contributed by atoms with van der Waals surface area (Å²) in [5, 5.41) is 11.9. The van der Waals surface area contributed by atoms with Crippen LogP contribution in [0.15, 0.2) is 30.5 Å². The quantitative estimate of drug-likeness (QED) is 0.0920. The molecule has 0 aliphatic carbocycles. The maximum absolute atomic E-state index is 11.0. The average Bonchev–Trinajstić information content (AvgIpc) is 3.24. The molecule has 1 heterocycles. The number of nitrogens with zero attached hydrogens (tertiary/aromatic N) is 3. The van der Waals surface area contributed by atoms with Crippen molar-refractivity contribution < 1.29 is 14.5 Å². The van der Waals surface area contributed by atoms with Gasteiger partial charge >= 0.3 is 0 Å². The zero-order chi connectivity index (χ0) is 24.4. The zero-order valence-electron chi connectivity index (χ0n) is 20.5. The number of non-ortho nitro benzene ring substituents is 1. The SMILES string of the molecule is O=CCCCCCCCN(CCCCCCCC=O)CCCn1ccc2cc([N+](=O)[O-])ccc21. The first-order valence-corrected chi connectivity index (χ1v) is 13.0. The highest BCUT2D eigenvalue weighted by atomic mass is 16.6. The minimum Gasteiger partial charge on any atom is -0.347 e. The number of aldehydes is 2. The van der Waals surface area contributed by atoms with Gasteiger partial charge in [-0.15, -0.1) is 0 Å². The molecule has 0 N–H and O–H groups in total. The van der Waals surface area contributed by atoms with E-state index in [2.05, 4.69) is 9.47 Å². The van der Waals surface area contributed by atoms with Gasteiger partial charge in [0.2, 0.25) is 0 Å². The Morgan fingerprint density at radius 3 is 1.91 bits per heavy atom. The first-order valence-electron chi connectivity index (χ1n) is 13.0. The van der Waals surface area contributed by atoms with Crippen molar-refractivity contribution in [2.24, 2.45) is 0 Å². The topological polar surface area (TPSA) is 85.5 Å². The van der Waals surface area contributed by atoms with Crippen molar-refractivity contribution in [3.05, 3.63) is 40.6 Å². The third kappa shape index (κ3) is 10.6. The highest BCUT2D eigenvalue weighted by Crippen LogP contribution is 2.22. The van der Waals surface area contributed by atoms with Crippen LogP contribution in [0.3, 0.4) is 0 Å². The minimum atomic E-state index is -0.348. The fourth-order valence-corrected chi connectivity index (χ4v) is 4.48. The second-order valence-corrected chi connectivity index (χ2v) is 9.15. The number of carbonyl (C=O) groups excluding carboxylic acids is 2. The zero-order valence-corrected chi connectivity index (χ0v) is 20.5. The first-order chi connectivity index (χ1) is 16.7. The maximum atomic E-state index is 11.0. The van der Waals surface area contributed by atoms with Crippen molar-refractivity contribution in [1.29, 1.82) is 0 Å². The molecule has 2 aromatic rings. The van der Waals surface area contributed by atoms with Gasteiger partial charge in [0.1, 0.15) is 12.6 Å². The second kappa shape index (κ2) is 17.0. The summed E-state index contributed by atoms with van der Waals surface area (Å²) < 4.78 is 2.19. The van der Waals surface area contributed by atoms with Crippen LogP contribution >= 0.6 is 0 Å². The van der Waals surface area contributed by atoms with E-state index in [0.29, 0.717) is 12.8 Å². The van der Waals surface area contributed by atoms with Crippen molar-refractivity contribution in [3.8, 4) is 0 Å². The molecule has 7 nitrogen and oxygen atoms in total. The van der Waals surface area contributed by atoms with E-state index < -0.39 is 0 Å². The third-order valence-corrected chi connectivity index (χ3v) is 6.43. The van der Waals surface area contributed by atoms with Crippen LogP contribution < -0.4 is 0 Å². The molecule has 0 spiro atoms. The van der Waals surface area contributed by atoms with Gasteiger partial charge in [0.05, 0.1) is 4.92 Å². The average molecular weight is 472 g/mol. The van der Waals surface area contributed by atoms with Gasteiger partial charge in [0, 0.05) is 48.6 Å². The molecule has 0 unspecified atom stereocenters. The van der Waals surface area contributed by atoms with Crippen LogP contribution in [-0.2, 0) is 16.1 Å². The molecule has 2 rings (SSSR count). The van der Waals surface area contributed by atoms with Gasteiger partial charge < -0.3 is 19.1 Å². The molecule has 188 valence electrons. The predicted molar refractivity (Wildman–Crippen MR) is 137 cm³/mol. The molecule has 0 aliphatic rings. The minimum absolute atomic E-state index is 0.133. The Labute approximate surface area is 203 Å². The van der Waals surface area contributed by atoms with Crippen molar-refractivity contribution in [2.45, 2.75) is 90.0 Å². The van der Waals surface area contributed by atoms with E-state index in [4.69, 9.17) is 0 Å². The molecule has 0 radical (unpaired) electrons. The lowest BCUT2D eigenvalue weighted by Gasteiger charge is -2.22. The molecule has 34 heavy (non-hydrogen) atoms. The van der Waals surface area contributed by atoms with Crippen LogP contribution in [0.2, 0.25) is 0 Å². The highest BCUT2D eigenvalue weighted by molar-refractivity contribution is 5.82. The van der Waals surface area contributed by atoms with Crippen molar-refractivity contribution in [2.75, 3.05) is 19.6 Å². The molecule has 0 amide bonds. The number of hydrogen-bond acceptors (Lipinski definition) is 5. The standard InChI is InChI=1S/C27H41N3O4/c31-22-11-7-3-1-5-9-17-28(18-10-6-2-4-8-12-23-32)19-13-20-29-21-16-25-24-26(30(33)34)14-15-27(25)29/h14-16,21-24H,1-13,17-20H2. The van der Waals surface area contributed by atoms with Crippen LogP contribution in [0, 0.1) is 10.1 Å². The van der Waals surface area contributed by atoms with E-state index in [1.165, 1.54) is 38.5 Å². The van der Waals surface area contributed by atoms with Crippen molar-refractivity contribution in [1.82, 2.24) is 9.47 Å². The number of nitro benzene ring substituents is 1. The molecule has 0 saturated heterocycles. The van der Waals surface area contributed by atoms with E-state index in [1.54, 1.807) is 12.1 Å². The smallest absolute Gasteiger partial charge is 0.270 e. The van der Waals surface area contributed by atoms with Crippen molar-refractivity contribution in [3.63, 3.8) is 0 Å². The Morgan fingerprint density at radius 2 is 1.32 bits per heavy atom. The molecule has 1 aromatic carbocycles. The van der Waals surface area contributed by atoms with E-state index in [-0.39, 0.29) is 10.6 Å². The van der Waals surface area contributed by atoms with Gasteiger partial charge in [0.25, 0.3) is 5.69 Å². The Balaban J connectivity index is 1.77. The summed E-state index contributed by atoms with van der Waals surface area (Å²) in [6, 6.07) is 7.02. The van der Waals surface area contributed by atoms with Crippen LogP contribution in [-0.4, -0.2) is 46.6 Å². The van der Waals surface area contributed by atoms with E-state index in [9.17, 15) is 19.7 Å². The molecular weight excluding hydrogens is 430 g/mol. The number of fused-ring (bicyclic) bond motifs is 1. The molecule has 0 bridgehead atoms. The molecule has 7 heteroatoms. The number of unbranched alkanes of at least 4 members (excludes halogenated alkanes) is 10. The van der Waals surface area contributed by atoms with Crippen LogP contribution in [0.5, 0.6) is 0 Å². The summed E-state index contributed by atoms with van der Waals surface area (Å²) in [6.07, 6.45) is 17.9. The molecular formula is C27H41N3O4. The number of aryl methyl sites for hydroxylation is 1. The third-order valence-electron chi connectivity index (χ3n) is 6.43. The number of aromatic nitrogens is 1. The largest absolute Gasteiger partial charge is 0.347 e. The number of nitro groups is 1. The fourth-order valence-electron chi connectivity index (χ4n) is 4.48. The van der Waals surface area contributed by atoms with Gasteiger partial charge in [-0.05, 0) is 63.9 Å². The summed E-state index contributed by atoms with van der Waals surface area (Å²) in [7, 11) is 0. The van der Waals surface area contributed by atoms with Gasteiger partial charge in [-0.3, -0.25) is 10.1 Å². The predicted octanol–water partition coefficient (Wildman–Crippen LogP) is 6.32. The monoisotopic (exact) mass is 471 g/mol. The Bertz CT molecular complexity index is 843. The normalized spacial score (nSPS) is 11.3. The molecule has 1 aromatic heterocycles. The van der Waals surface area contributed by atoms with Crippen molar-refractivity contribution >= 4 is 29.2 Å². The Kier molecular flexibility index (Phi) is 13.8. The Hall–Kier alpha value is -2.54. The number of benzene rings is 1. The van der Waals surface area contributed by atoms with Gasteiger partial charge in [-0.1, -0.05) is 38.5 Å². The summed E-state index contributed by atoms with van der Waals surface area (Å²) in [5.41, 5.74) is 1.18. The molecule has 0 aliphatic heterocycles. The lowest BCUT2D eigenvalue weighted by Crippen LogP contribution is -2.28. The maximum Gasteiger partial charge on any atom is 0.270 e. The van der Waals surface area contributed by atoms with Crippen LogP contribution in [0.4, 0.5) is 5.69 Å². The van der Waals surface area contributed by atoms with Gasteiger partial charge in [-0.25, -0.2) is 0 Å². The molecule has 0 fully saturated rings. The summed E-state index contributed by atoms with van der Waals surface area (Å²) in [5.74, 6) is 0. The molecule has 0 atom stereocenters. The molecule has 0 saturated carbocycles. The van der Waals surface area contributed by atoms with Gasteiger partial charge in [-0.2, -0.15) is 0 Å². The van der Waals surface area contributed by atoms with E-state index in [1.807, 2.05) is 18.3 Å². The lowest BCUT2D eigenvalue weighted by molar-refractivity contribution is -0.384. The van der Waals surface area contributed by atoms with Gasteiger partial charge in [0.15, 0.2) is 0 Å². The summed E-state index contributed by atoms with van der Waals surface area (Å²) in [6.45, 7) is 4.16. The van der Waals surface area contributed by atoms with E-state index in [0.717, 1.165) is 81.8 Å². The van der Waals surface area contributed by atoms with Crippen LogP contribution in [0.25, 0.3) is 10.9 Å². The lowest BCUT2D eigenvalue weighted by atomic mass is 10.1. The number of carbonyl (C=O) groups is 2.